The van der Waals surface area contributed by atoms with E-state index in [0.29, 0.717) is 16.9 Å². The maximum Gasteiger partial charge on any atom is 0.261 e. The minimum absolute atomic E-state index is 0.000846. The molecule has 6 nitrogen and oxygen atoms in total. The van der Waals surface area contributed by atoms with E-state index < -0.39 is 10.0 Å². The Balaban J connectivity index is 1.69. The van der Waals surface area contributed by atoms with Gasteiger partial charge in [0.25, 0.3) is 10.0 Å². The van der Waals surface area contributed by atoms with Gasteiger partial charge in [-0.25, -0.2) is 8.42 Å². The molecule has 0 radical (unpaired) electrons. The van der Waals surface area contributed by atoms with E-state index in [0.717, 1.165) is 12.8 Å². The summed E-state index contributed by atoms with van der Waals surface area (Å²) < 4.78 is 27.1. The highest BCUT2D eigenvalue weighted by Crippen LogP contribution is 2.30. The summed E-state index contributed by atoms with van der Waals surface area (Å²) >= 11 is 0. The Morgan fingerprint density at radius 2 is 1.58 bits per heavy atom. The van der Waals surface area contributed by atoms with Crippen LogP contribution in [0.3, 0.4) is 0 Å². The molecule has 0 bridgehead atoms. The SMILES string of the molecule is N#Cc1ccc(S(=O)(=O)Nc2ccc(NC(=O)C3CC3)cc2)cc1. The van der Waals surface area contributed by atoms with Crippen LogP contribution in [-0.2, 0) is 14.8 Å². The average molecular weight is 341 g/mol. The van der Waals surface area contributed by atoms with Gasteiger partial charge >= 0.3 is 0 Å². The molecule has 1 fully saturated rings. The van der Waals surface area contributed by atoms with Crippen LogP contribution in [0.25, 0.3) is 0 Å². The molecule has 2 aromatic carbocycles. The lowest BCUT2D eigenvalue weighted by molar-refractivity contribution is -0.117. The number of nitrogens with zero attached hydrogens (tertiary/aromatic N) is 1. The average Bonchev–Trinajstić information content (AvgIpc) is 3.41. The van der Waals surface area contributed by atoms with Crippen LogP contribution < -0.4 is 10.0 Å². The van der Waals surface area contributed by atoms with Crippen LogP contribution in [0.1, 0.15) is 18.4 Å². The van der Waals surface area contributed by atoms with Crippen molar-refractivity contribution in [1.82, 2.24) is 0 Å². The monoisotopic (exact) mass is 341 g/mol. The van der Waals surface area contributed by atoms with Gasteiger partial charge in [-0.2, -0.15) is 5.26 Å². The normalized spacial score (nSPS) is 13.8. The Labute approximate surface area is 140 Å². The summed E-state index contributed by atoms with van der Waals surface area (Å²) in [5, 5.41) is 11.5. The second kappa shape index (κ2) is 6.34. The minimum atomic E-state index is -3.72. The molecule has 7 heteroatoms. The summed E-state index contributed by atoms with van der Waals surface area (Å²) in [5.74, 6) is 0.112. The number of nitriles is 1. The maximum absolute atomic E-state index is 12.3. The van der Waals surface area contributed by atoms with Crippen molar-refractivity contribution in [2.24, 2.45) is 5.92 Å². The molecule has 0 aromatic heterocycles. The topological polar surface area (TPSA) is 99.1 Å². The molecule has 0 aliphatic heterocycles. The summed E-state index contributed by atoms with van der Waals surface area (Å²) in [4.78, 5) is 11.8. The van der Waals surface area contributed by atoms with E-state index in [1.807, 2.05) is 6.07 Å². The molecule has 1 saturated carbocycles. The highest BCUT2D eigenvalue weighted by Gasteiger charge is 2.29. The summed E-state index contributed by atoms with van der Waals surface area (Å²) in [6, 6.07) is 14.1. The zero-order valence-corrected chi connectivity index (χ0v) is 13.5. The number of amides is 1. The number of hydrogen-bond acceptors (Lipinski definition) is 4. The lowest BCUT2D eigenvalue weighted by atomic mass is 10.2. The molecule has 24 heavy (non-hydrogen) atoms. The number of hydrogen-bond donors (Lipinski definition) is 2. The number of anilines is 2. The molecule has 0 unspecified atom stereocenters. The summed E-state index contributed by atoms with van der Waals surface area (Å²) in [5.41, 5.74) is 1.42. The first-order valence-electron chi connectivity index (χ1n) is 7.42. The number of nitrogens with one attached hydrogen (secondary N) is 2. The third-order valence-electron chi connectivity index (χ3n) is 3.65. The Hall–Kier alpha value is -2.85. The minimum Gasteiger partial charge on any atom is -0.326 e. The summed E-state index contributed by atoms with van der Waals surface area (Å²) in [7, 11) is -3.72. The zero-order chi connectivity index (χ0) is 17.2. The van der Waals surface area contributed by atoms with Crippen LogP contribution in [0.4, 0.5) is 11.4 Å². The Kier molecular flexibility index (Phi) is 4.23. The Morgan fingerprint density at radius 3 is 2.12 bits per heavy atom. The fourth-order valence-corrected chi connectivity index (χ4v) is 3.19. The van der Waals surface area contributed by atoms with Crippen molar-refractivity contribution >= 4 is 27.3 Å². The van der Waals surface area contributed by atoms with Crippen LogP contribution in [-0.4, -0.2) is 14.3 Å². The van der Waals surface area contributed by atoms with E-state index in [-0.39, 0.29) is 16.7 Å². The van der Waals surface area contributed by atoms with Crippen molar-refractivity contribution in [3.63, 3.8) is 0 Å². The highest BCUT2D eigenvalue weighted by molar-refractivity contribution is 7.92. The van der Waals surface area contributed by atoms with Gasteiger partial charge in [-0.1, -0.05) is 0 Å². The van der Waals surface area contributed by atoms with E-state index >= 15 is 0 Å². The molecule has 3 rings (SSSR count). The molecule has 0 heterocycles. The Morgan fingerprint density at radius 1 is 1.00 bits per heavy atom. The molecule has 0 saturated heterocycles. The number of carbonyl (C=O) groups excluding carboxylic acids is 1. The van der Waals surface area contributed by atoms with Crippen molar-refractivity contribution in [1.29, 1.82) is 5.26 Å². The van der Waals surface area contributed by atoms with Crippen molar-refractivity contribution in [3.8, 4) is 6.07 Å². The van der Waals surface area contributed by atoms with E-state index in [2.05, 4.69) is 10.0 Å². The highest BCUT2D eigenvalue weighted by atomic mass is 32.2. The van der Waals surface area contributed by atoms with Crippen molar-refractivity contribution in [2.75, 3.05) is 10.0 Å². The smallest absolute Gasteiger partial charge is 0.261 e. The summed E-state index contributed by atoms with van der Waals surface area (Å²) in [6.07, 6.45) is 1.85. The standard InChI is InChI=1S/C17H15N3O3S/c18-11-12-1-9-16(10-2-12)24(22,23)20-15-7-5-14(6-8-15)19-17(21)13-3-4-13/h1-2,5-10,13,20H,3-4H2,(H,19,21). The molecule has 2 N–H and O–H groups in total. The van der Waals surface area contributed by atoms with Gasteiger partial charge in [-0.3, -0.25) is 9.52 Å². The number of carbonyl (C=O) groups is 1. The molecular weight excluding hydrogens is 326 g/mol. The van der Waals surface area contributed by atoms with Crippen molar-refractivity contribution in [3.05, 3.63) is 54.1 Å². The number of benzene rings is 2. The molecule has 0 atom stereocenters. The van der Waals surface area contributed by atoms with Crippen LogP contribution in [0, 0.1) is 17.2 Å². The molecule has 1 aliphatic rings. The second-order valence-corrected chi connectivity index (χ2v) is 7.26. The van der Waals surface area contributed by atoms with Gasteiger partial charge in [0.1, 0.15) is 0 Å². The zero-order valence-electron chi connectivity index (χ0n) is 12.7. The summed E-state index contributed by atoms with van der Waals surface area (Å²) in [6.45, 7) is 0. The largest absolute Gasteiger partial charge is 0.326 e. The third kappa shape index (κ3) is 3.73. The van der Waals surface area contributed by atoms with Crippen LogP contribution in [0.15, 0.2) is 53.4 Å². The van der Waals surface area contributed by atoms with Crippen LogP contribution >= 0.6 is 0 Å². The van der Waals surface area contributed by atoms with Crippen LogP contribution in [0.2, 0.25) is 0 Å². The quantitative estimate of drug-likeness (QED) is 0.873. The molecule has 0 spiro atoms. The first-order chi connectivity index (χ1) is 11.5. The predicted molar refractivity (Wildman–Crippen MR) is 89.8 cm³/mol. The molecule has 1 amide bonds. The fourth-order valence-electron chi connectivity index (χ4n) is 2.13. The maximum atomic E-state index is 12.3. The molecule has 1 aliphatic carbocycles. The predicted octanol–water partition coefficient (Wildman–Crippen LogP) is 2.71. The third-order valence-corrected chi connectivity index (χ3v) is 5.04. The van der Waals surface area contributed by atoms with E-state index in [9.17, 15) is 13.2 Å². The first-order valence-corrected chi connectivity index (χ1v) is 8.90. The van der Waals surface area contributed by atoms with Gasteiger partial charge in [0.05, 0.1) is 16.5 Å². The first kappa shape index (κ1) is 16.0. The second-order valence-electron chi connectivity index (χ2n) is 5.58. The Bertz CT molecular complexity index is 894. The van der Waals surface area contributed by atoms with Gasteiger partial charge in [0, 0.05) is 17.3 Å². The van der Waals surface area contributed by atoms with Gasteiger partial charge in [-0.15, -0.1) is 0 Å². The number of sulfonamides is 1. The van der Waals surface area contributed by atoms with Gasteiger partial charge in [0.2, 0.25) is 5.91 Å². The number of rotatable bonds is 5. The van der Waals surface area contributed by atoms with Gasteiger partial charge in [-0.05, 0) is 61.4 Å². The van der Waals surface area contributed by atoms with Crippen LogP contribution in [0.5, 0.6) is 0 Å². The van der Waals surface area contributed by atoms with Crippen molar-refractivity contribution < 1.29 is 13.2 Å². The molecule has 2 aromatic rings. The van der Waals surface area contributed by atoms with Gasteiger partial charge in [0.15, 0.2) is 0 Å². The van der Waals surface area contributed by atoms with E-state index in [1.165, 1.54) is 24.3 Å². The lowest BCUT2D eigenvalue weighted by Gasteiger charge is -2.09. The lowest BCUT2D eigenvalue weighted by Crippen LogP contribution is -2.14. The van der Waals surface area contributed by atoms with Crippen molar-refractivity contribution in [2.45, 2.75) is 17.7 Å². The van der Waals surface area contributed by atoms with Gasteiger partial charge < -0.3 is 5.32 Å². The van der Waals surface area contributed by atoms with E-state index in [4.69, 9.17) is 5.26 Å². The molecular formula is C17H15N3O3S. The fraction of sp³-hybridized carbons (Fsp3) is 0.176. The van der Waals surface area contributed by atoms with E-state index in [1.54, 1.807) is 24.3 Å². The molecule has 122 valence electrons.